The quantitative estimate of drug-likeness (QED) is 0.413. The van der Waals surface area contributed by atoms with Crippen LogP contribution in [-0.4, -0.2) is 31.6 Å². The monoisotopic (exact) mass is 455 g/mol. The topological polar surface area (TPSA) is 69.0 Å². The number of fused-ring (bicyclic) bond motifs is 2. The van der Waals surface area contributed by atoms with Crippen LogP contribution in [0.2, 0.25) is 0 Å². The predicted molar refractivity (Wildman–Crippen MR) is 130 cm³/mol. The number of amides is 1. The Morgan fingerprint density at radius 1 is 0.912 bits per heavy atom. The molecular weight excluding hydrogens is 430 g/mol. The molecule has 1 aliphatic rings. The summed E-state index contributed by atoms with van der Waals surface area (Å²) in [7, 11) is 3.19. The van der Waals surface area contributed by atoms with Gasteiger partial charge in [0.1, 0.15) is 5.58 Å². The lowest BCUT2D eigenvalue weighted by Gasteiger charge is -2.25. The van der Waals surface area contributed by atoms with E-state index in [1.807, 2.05) is 49.4 Å². The molecule has 0 unspecified atom stereocenters. The van der Waals surface area contributed by atoms with Gasteiger partial charge >= 0.3 is 0 Å². The fraction of sp³-hybridized carbons (Fsp3) is 0.214. The Morgan fingerprint density at radius 2 is 1.65 bits per heavy atom. The van der Waals surface area contributed by atoms with Gasteiger partial charge in [-0.05, 0) is 48.7 Å². The van der Waals surface area contributed by atoms with Crippen LogP contribution in [0, 0.1) is 6.92 Å². The van der Waals surface area contributed by atoms with E-state index in [0.717, 1.165) is 16.7 Å². The number of rotatable bonds is 6. The Balaban J connectivity index is 1.57. The van der Waals surface area contributed by atoms with Crippen molar-refractivity contribution in [1.82, 2.24) is 4.90 Å². The van der Waals surface area contributed by atoms with Gasteiger partial charge in [-0.15, -0.1) is 0 Å². The molecule has 1 aliphatic heterocycles. The lowest BCUT2D eigenvalue weighted by molar-refractivity contribution is 0.0730. The van der Waals surface area contributed by atoms with Crippen LogP contribution >= 0.6 is 0 Å². The van der Waals surface area contributed by atoms with Gasteiger partial charge in [0, 0.05) is 6.54 Å². The maximum atomic E-state index is 13.5. The minimum atomic E-state index is -0.510. The van der Waals surface area contributed by atoms with Crippen molar-refractivity contribution < 1.29 is 18.7 Å². The molecule has 6 heteroatoms. The largest absolute Gasteiger partial charge is 0.493 e. The SMILES string of the molecule is COc1ccc(CCN2C(=O)c3oc4ccccc4c(=O)c3[C@H]2c2ccc(C)cc2)cc1OC. The van der Waals surface area contributed by atoms with E-state index in [4.69, 9.17) is 13.9 Å². The van der Waals surface area contributed by atoms with E-state index in [-0.39, 0.29) is 17.1 Å². The molecule has 0 radical (unpaired) electrons. The third-order valence-corrected chi connectivity index (χ3v) is 6.36. The summed E-state index contributed by atoms with van der Waals surface area (Å²) in [6.45, 7) is 2.42. The first-order chi connectivity index (χ1) is 16.5. The van der Waals surface area contributed by atoms with Gasteiger partial charge < -0.3 is 18.8 Å². The summed E-state index contributed by atoms with van der Waals surface area (Å²) in [5.74, 6) is 1.13. The van der Waals surface area contributed by atoms with Crippen LogP contribution in [0.4, 0.5) is 0 Å². The Labute approximate surface area is 197 Å². The van der Waals surface area contributed by atoms with Gasteiger partial charge in [-0.1, -0.05) is 48.0 Å². The van der Waals surface area contributed by atoms with Crippen LogP contribution in [0.5, 0.6) is 11.5 Å². The van der Waals surface area contributed by atoms with Gasteiger partial charge in [-0.25, -0.2) is 0 Å². The van der Waals surface area contributed by atoms with Gasteiger partial charge in [0.15, 0.2) is 16.9 Å². The smallest absolute Gasteiger partial charge is 0.290 e. The number of ether oxygens (including phenoxy) is 2. The molecule has 172 valence electrons. The van der Waals surface area contributed by atoms with E-state index in [1.54, 1.807) is 43.4 Å². The Hall–Kier alpha value is -4.06. The molecule has 1 amide bonds. The second kappa shape index (κ2) is 8.71. The maximum absolute atomic E-state index is 13.5. The maximum Gasteiger partial charge on any atom is 0.290 e. The second-order valence-electron chi connectivity index (χ2n) is 8.42. The number of methoxy groups -OCH3 is 2. The van der Waals surface area contributed by atoms with Crippen molar-refractivity contribution in [2.24, 2.45) is 0 Å². The highest BCUT2D eigenvalue weighted by Gasteiger charge is 2.42. The fourth-order valence-electron chi connectivity index (χ4n) is 4.58. The summed E-state index contributed by atoms with van der Waals surface area (Å²) in [4.78, 5) is 28.8. The van der Waals surface area contributed by atoms with Crippen LogP contribution in [0.1, 0.15) is 38.9 Å². The number of carbonyl (C=O) groups excluding carboxylic acids is 1. The van der Waals surface area contributed by atoms with E-state index in [0.29, 0.717) is 41.0 Å². The molecule has 3 aromatic carbocycles. The summed E-state index contributed by atoms with van der Waals surface area (Å²) < 4.78 is 16.7. The number of hydrogen-bond donors (Lipinski definition) is 0. The highest BCUT2D eigenvalue weighted by atomic mass is 16.5. The minimum Gasteiger partial charge on any atom is -0.493 e. The average Bonchev–Trinajstić information content (AvgIpc) is 3.14. The van der Waals surface area contributed by atoms with Crippen LogP contribution in [0.25, 0.3) is 11.0 Å². The zero-order valence-corrected chi connectivity index (χ0v) is 19.3. The number of hydrogen-bond acceptors (Lipinski definition) is 5. The van der Waals surface area contributed by atoms with Gasteiger partial charge in [0.2, 0.25) is 5.76 Å². The summed E-state index contributed by atoms with van der Waals surface area (Å²) in [6, 6.07) is 20.2. The molecule has 2 heterocycles. The van der Waals surface area contributed by atoms with E-state index in [1.165, 1.54) is 0 Å². The van der Waals surface area contributed by atoms with Crippen molar-refractivity contribution in [2.45, 2.75) is 19.4 Å². The van der Waals surface area contributed by atoms with Gasteiger partial charge in [0.05, 0.1) is 31.2 Å². The number of nitrogens with zero attached hydrogens (tertiary/aromatic N) is 1. The average molecular weight is 456 g/mol. The number of benzene rings is 3. The zero-order chi connectivity index (χ0) is 23.8. The van der Waals surface area contributed by atoms with Gasteiger partial charge in [-0.3, -0.25) is 9.59 Å². The van der Waals surface area contributed by atoms with Crippen LogP contribution < -0.4 is 14.9 Å². The third-order valence-electron chi connectivity index (χ3n) is 6.36. The van der Waals surface area contributed by atoms with Crippen molar-refractivity contribution in [2.75, 3.05) is 20.8 Å². The van der Waals surface area contributed by atoms with E-state index >= 15 is 0 Å². The van der Waals surface area contributed by atoms with Crippen LogP contribution in [-0.2, 0) is 6.42 Å². The van der Waals surface area contributed by atoms with Gasteiger partial charge in [-0.2, -0.15) is 0 Å². The Kier molecular flexibility index (Phi) is 5.57. The van der Waals surface area contributed by atoms with Crippen molar-refractivity contribution >= 4 is 16.9 Å². The standard InChI is InChI=1S/C28H25NO5/c1-17-8-11-19(12-9-17)25-24-26(30)20-6-4-5-7-21(20)34-27(24)28(31)29(25)15-14-18-10-13-22(32-2)23(16-18)33-3/h4-13,16,25H,14-15H2,1-3H3/t25-/m1/s1. The Morgan fingerprint density at radius 3 is 2.38 bits per heavy atom. The molecule has 0 saturated heterocycles. The molecule has 6 nitrogen and oxygen atoms in total. The second-order valence-corrected chi connectivity index (χ2v) is 8.42. The first-order valence-corrected chi connectivity index (χ1v) is 11.2. The first-order valence-electron chi connectivity index (χ1n) is 11.2. The third kappa shape index (κ3) is 3.61. The highest BCUT2D eigenvalue weighted by molar-refractivity contribution is 5.99. The van der Waals surface area contributed by atoms with Crippen molar-refractivity contribution in [3.8, 4) is 11.5 Å². The lowest BCUT2D eigenvalue weighted by atomic mass is 9.97. The molecule has 0 spiro atoms. The molecular formula is C28H25NO5. The van der Waals surface area contributed by atoms with E-state index in [2.05, 4.69) is 0 Å². The Bertz CT molecular complexity index is 1440. The molecule has 4 aromatic rings. The summed E-state index contributed by atoms with van der Waals surface area (Å²) in [6.07, 6.45) is 0.580. The number of para-hydroxylation sites is 1. The first kappa shape index (κ1) is 21.8. The number of aryl methyl sites for hydroxylation is 1. The minimum absolute atomic E-state index is 0.126. The lowest BCUT2D eigenvalue weighted by Crippen LogP contribution is -2.31. The number of carbonyl (C=O) groups is 1. The van der Waals surface area contributed by atoms with Gasteiger partial charge in [0.25, 0.3) is 5.91 Å². The zero-order valence-electron chi connectivity index (χ0n) is 19.3. The van der Waals surface area contributed by atoms with Crippen molar-refractivity contribution in [1.29, 1.82) is 0 Å². The molecule has 1 atom stereocenters. The molecule has 34 heavy (non-hydrogen) atoms. The van der Waals surface area contributed by atoms with Crippen LogP contribution in [0.3, 0.4) is 0 Å². The predicted octanol–water partition coefficient (Wildman–Crippen LogP) is 4.91. The molecule has 0 fully saturated rings. The summed E-state index contributed by atoms with van der Waals surface area (Å²) in [5.41, 5.74) is 3.64. The molecule has 0 N–H and O–H groups in total. The summed E-state index contributed by atoms with van der Waals surface area (Å²) >= 11 is 0. The highest BCUT2D eigenvalue weighted by Crippen LogP contribution is 2.38. The van der Waals surface area contributed by atoms with E-state index < -0.39 is 6.04 Å². The molecule has 0 saturated carbocycles. The van der Waals surface area contributed by atoms with E-state index in [9.17, 15) is 9.59 Å². The molecule has 1 aromatic heterocycles. The van der Waals surface area contributed by atoms with Crippen molar-refractivity contribution in [3.63, 3.8) is 0 Å². The summed E-state index contributed by atoms with van der Waals surface area (Å²) in [5, 5.41) is 0.480. The fourth-order valence-corrected chi connectivity index (χ4v) is 4.58. The normalized spacial score (nSPS) is 15.0. The van der Waals surface area contributed by atoms with Crippen molar-refractivity contribution in [3.05, 3.63) is 105 Å². The molecule has 0 aliphatic carbocycles. The van der Waals surface area contributed by atoms with Crippen LogP contribution in [0.15, 0.2) is 75.9 Å². The molecule has 0 bridgehead atoms. The molecule has 5 rings (SSSR count).